The summed E-state index contributed by atoms with van der Waals surface area (Å²) in [6.07, 6.45) is 4.12. The van der Waals surface area contributed by atoms with Gasteiger partial charge in [-0.05, 0) is 42.3 Å². The van der Waals surface area contributed by atoms with Crippen molar-refractivity contribution in [1.82, 2.24) is 9.78 Å². The Balaban J connectivity index is 2.12. The van der Waals surface area contributed by atoms with Gasteiger partial charge in [-0.1, -0.05) is 25.5 Å². The smallest absolute Gasteiger partial charge is 0.0991 e. The lowest BCUT2D eigenvalue weighted by Gasteiger charge is -2.05. The third kappa shape index (κ3) is 2.06. The first-order valence-corrected chi connectivity index (χ1v) is 6.79. The number of aromatic nitrogens is 2. The van der Waals surface area contributed by atoms with Crippen LogP contribution >= 0.6 is 0 Å². The molecule has 0 unspecified atom stereocenters. The zero-order valence-electron chi connectivity index (χ0n) is 11.4. The second kappa shape index (κ2) is 5.18. The molecule has 0 spiro atoms. The minimum Gasteiger partial charge on any atom is -0.233 e. The topological polar surface area (TPSA) is 41.6 Å². The predicted octanol–water partition coefficient (Wildman–Crippen LogP) is 3.85. The van der Waals surface area contributed by atoms with E-state index in [4.69, 9.17) is 5.26 Å². The van der Waals surface area contributed by atoms with Gasteiger partial charge < -0.3 is 0 Å². The standard InChI is InChI=1S/C17H15N3/c1-2-4-14-5-3-6-17-16(14)12-19-20(17)15-9-7-13(11-18)8-10-15/h3,5-10,12H,2,4H2,1H3. The Labute approximate surface area is 118 Å². The molecule has 3 aromatic rings. The first-order valence-electron chi connectivity index (χ1n) is 6.79. The highest BCUT2D eigenvalue weighted by atomic mass is 15.3. The van der Waals surface area contributed by atoms with Crippen molar-refractivity contribution in [1.29, 1.82) is 5.26 Å². The van der Waals surface area contributed by atoms with Gasteiger partial charge in [-0.2, -0.15) is 10.4 Å². The van der Waals surface area contributed by atoms with Crippen molar-refractivity contribution in [2.75, 3.05) is 0 Å². The largest absolute Gasteiger partial charge is 0.233 e. The van der Waals surface area contributed by atoms with Crippen LogP contribution in [0.5, 0.6) is 0 Å². The number of fused-ring (bicyclic) bond motifs is 1. The molecule has 0 aliphatic heterocycles. The molecule has 3 rings (SSSR count). The first-order chi connectivity index (χ1) is 9.83. The van der Waals surface area contributed by atoms with E-state index in [9.17, 15) is 0 Å². The highest BCUT2D eigenvalue weighted by Crippen LogP contribution is 2.22. The van der Waals surface area contributed by atoms with Crippen molar-refractivity contribution in [2.45, 2.75) is 19.8 Å². The summed E-state index contributed by atoms with van der Waals surface area (Å²) in [7, 11) is 0. The minimum atomic E-state index is 0.664. The van der Waals surface area contributed by atoms with Crippen LogP contribution in [0.1, 0.15) is 24.5 Å². The molecule has 0 radical (unpaired) electrons. The third-order valence-corrected chi connectivity index (χ3v) is 3.46. The van der Waals surface area contributed by atoms with Gasteiger partial charge in [0.25, 0.3) is 0 Å². The van der Waals surface area contributed by atoms with E-state index < -0.39 is 0 Å². The van der Waals surface area contributed by atoms with E-state index in [1.54, 1.807) is 0 Å². The quantitative estimate of drug-likeness (QED) is 0.718. The number of nitrogens with zero attached hydrogens (tertiary/aromatic N) is 3. The van der Waals surface area contributed by atoms with Crippen LogP contribution in [0.15, 0.2) is 48.7 Å². The summed E-state index contributed by atoms with van der Waals surface area (Å²) in [5, 5.41) is 14.6. The lowest BCUT2D eigenvalue weighted by molar-refractivity contribution is 0.910. The number of nitriles is 1. The lowest BCUT2D eigenvalue weighted by Crippen LogP contribution is -1.96. The molecule has 0 aliphatic rings. The number of hydrogen-bond donors (Lipinski definition) is 0. The number of benzene rings is 2. The van der Waals surface area contributed by atoms with E-state index in [2.05, 4.69) is 36.3 Å². The van der Waals surface area contributed by atoms with Crippen molar-refractivity contribution in [3.63, 3.8) is 0 Å². The van der Waals surface area contributed by atoms with Crippen molar-refractivity contribution in [3.8, 4) is 11.8 Å². The van der Waals surface area contributed by atoms with Crippen molar-refractivity contribution < 1.29 is 0 Å². The fraction of sp³-hybridized carbons (Fsp3) is 0.176. The molecule has 0 atom stereocenters. The van der Waals surface area contributed by atoms with Crippen LogP contribution in [-0.2, 0) is 6.42 Å². The Hall–Kier alpha value is -2.60. The molecule has 1 aromatic heterocycles. The van der Waals surface area contributed by atoms with Gasteiger partial charge in [0.1, 0.15) is 0 Å². The average molecular weight is 261 g/mol. The first kappa shape index (κ1) is 12.4. The van der Waals surface area contributed by atoms with E-state index in [1.165, 1.54) is 10.9 Å². The van der Waals surface area contributed by atoms with Gasteiger partial charge in [0.05, 0.1) is 29.0 Å². The maximum absolute atomic E-state index is 8.85. The average Bonchev–Trinajstić information content (AvgIpc) is 2.93. The Kier molecular flexibility index (Phi) is 3.22. The Morgan fingerprint density at radius 3 is 2.65 bits per heavy atom. The Morgan fingerprint density at radius 2 is 1.95 bits per heavy atom. The molecule has 0 aliphatic carbocycles. The molecular formula is C17H15N3. The van der Waals surface area contributed by atoms with Gasteiger partial charge in [-0.3, -0.25) is 0 Å². The molecule has 0 fully saturated rings. The molecule has 0 saturated carbocycles. The van der Waals surface area contributed by atoms with Crippen LogP contribution in [0.2, 0.25) is 0 Å². The number of rotatable bonds is 3. The van der Waals surface area contributed by atoms with Gasteiger partial charge in [-0.15, -0.1) is 0 Å². The van der Waals surface area contributed by atoms with Gasteiger partial charge in [0.15, 0.2) is 0 Å². The third-order valence-electron chi connectivity index (χ3n) is 3.46. The van der Waals surface area contributed by atoms with Gasteiger partial charge in [-0.25, -0.2) is 4.68 Å². The summed E-state index contributed by atoms with van der Waals surface area (Å²) in [4.78, 5) is 0. The highest BCUT2D eigenvalue weighted by molar-refractivity contribution is 5.83. The summed E-state index contributed by atoms with van der Waals surface area (Å²) >= 11 is 0. The normalized spacial score (nSPS) is 10.6. The molecule has 0 saturated heterocycles. The summed E-state index contributed by atoms with van der Waals surface area (Å²) in [5.41, 5.74) is 4.09. The van der Waals surface area contributed by atoms with Crippen molar-refractivity contribution in [2.24, 2.45) is 0 Å². The zero-order valence-corrected chi connectivity index (χ0v) is 11.4. The molecule has 20 heavy (non-hydrogen) atoms. The van der Waals surface area contributed by atoms with Crippen LogP contribution in [0, 0.1) is 11.3 Å². The Morgan fingerprint density at radius 1 is 1.15 bits per heavy atom. The number of aryl methyl sites for hydroxylation is 1. The molecule has 1 heterocycles. The van der Waals surface area contributed by atoms with Crippen LogP contribution in [0.25, 0.3) is 16.6 Å². The Bertz CT molecular complexity index is 776. The molecule has 0 amide bonds. The van der Waals surface area contributed by atoms with Gasteiger partial charge in [0.2, 0.25) is 0 Å². The van der Waals surface area contributed by atoms with E-state index in [1.807, 2.05) is 35.1 Å². The van der Waals surface area contributed by atoms with Crippen LogP contribution < -0.4 is 0 Å². The molecule has 3 nitrogen and oxygen atoms in total. The molecule has 0 bridgehead atoms. The zero-order chi connectivity index (χ0) is 13.9. The molecule has 0 N–H and O–H groups in total. The van der Waals surface area contributed by atoms with Crippen molar-refractivity contribution >= 4 is 10.9 Å². The number of hydrogen-bond acceptors (Lipinski definition) is 2. The van der Waals surface area contributed by atoms with Crippen LogP contribution in [-0.4, -0.2) is 9.78 Å². The van der Waals surface area contributed by atoms with Crippen LogP contribution in [0.4, 0.5) is 0 Å². The fourth-order valence-electron chi connectivity index (χ4n) is 2.48. The second-order valence-electron chi connectivity index (χ2n) is 4.81. The van der Waals surface area contributed by atoms with E-state index in [0.717, 1.165) is 24.0 Å². The summed E-state index contributed by atoms with van der Waals surface area (Å²) in [6, 6.07) is 16.0. The van der Waals surface area contributed by atoms with Gasteiger partial charge in [0, 0.05) is 5.39 Å². The van der Waals surface area contributed by atoms with Crippen LogP contribution in [0.3, 0.4) is 0 Å². The molecule has 3 heteroatoms. The lowest BCUT2D eigenvalue weighted by atomic mass is 10.1. The summed E-state index contributed by atoms with van der Waals surface area (Å²) < 4.78 is 1.93. The maximum Gasteiger partial charge on any atom is 0.0991 e. The highest BCUT2D eigenvalue weighted by Gasteiger charge is 2.07. The predicted molar refractivity (Wildman–Crippen MR) is 79.8 cm³/mol. The van der Waals surface area contributed by atoms with E-state index in [-0.39, 0.29) is 0 Å². The second-order valence-corrected chi connectivity index (χ2v) is 4.81. The van der Waals surface area contributed by atoms with Crippen molar-refractivity contribution in [3.05, 3.63) is 59.8 Å². The maximum atomic E-state index is 8.85. The van der Waals surface area contributed by atoms with E-state index in [0.29, 0.717) is 5.56 Å². The fourth-order valence-corrected chi connectivity index (χ4v) is 2.48. The summed E-state index contributed by atoms with van der Waals surface area (Å²) in [6.45, 7) is 2.18. The van der Waals surface area contributed by atoms with E-state index >= 15 is 0 Å². The minimum absolute atomic E-state index is 0.664. The molecule has 98 valence electrons. The monoisotopic (exact) mass is 261 g/mol. The molecular weight excluding hydrogens is 246 g/mol. The van der Waals surface area contributed by atoms with Gasteiger partial charge >= 0.3 is 0 Å². The molecule has 2 aromatic carbocycles. The SMILES string of the molecule is CCCc1cccc2c1cnn2-c1ccc(C#N)cc1. The summed E-state index contributed by atoms with van der Waals surface area (Å²) in [5.74, 6) is 0.